The second kappa shape index (κ2) is 9.95. The van der Waals surface area contributed by atoms with Crippen LogP contribution in [0, 0.1) is 5.92 Å². The van der Waals surface area contributed by atoms with E-state index in [-0.39, 0.29) is 6.10 Å². The predicted octanol–water partition coefficient (Wildman–Crippen LogP) is 4.31. The van der Waals surface area contributed by atoms with E-state index < -0.39 is 0 Å². The molecule has 27 heavy (non-hydrogen) atoms. The predicted molar refractivity (Wildman–Crippen MR) is 110 cm³/mol. The van der Waals surface area contributed by atoms with Crippen LogP contribution in [0.1, 0.15) is 50.3 Å². The van der Waals surface area contributed by atoms with Crippen LogP contribution < -0.4 is 4.74 Å². The van der Waals surface area contributed by atoms with E-state index in [1.54, 1.807) is 7.11 Å². The van der Waals surface area contributed by atoms with Crippen LogP contribution in [0.15, 0.2) is 42.6 Å². The largest absolute Gasteiger partial charge is 0.497 e. The second-order valence-electron chi connectivity index (χ2n) is 8.03. The number of hydrogen-bond donors (Lipinski definition) is 1. The maximum absolute atomic E-state index is 9.98. The Kier molecular flexibility index (Phi) is 7.36. The van der Waals surface area contributed by atoms with Gasteiger partial charge in [0.2, 0.25) is 0 Å². The van der Waals surface area contributed by atoms with E-state index in [0.29, 0.717) is 0 Å². The van der Waals surface area contributed by atoms with Crippen LogP contribution in [-0.2, 0) is 13.1 Å². The number of nitrogens with zero attached hydrogens (tertiary/aromatic N) is 2. The Morgan fingerprint density at radius 1 is 1.19 bits per heavy atom. The first-order chi connectivity index (χ1) is 13.1. The summed E-state index contributed by atoms with van der Waals surface area (Å²) in [7, 11) is 1.71. The third kappa shape index (κ3) is 6.12. The Bertz CT molecular complexity index is 689. The standard InChI is InChI=1S/C23H34N2O2/c1-19(26)15-24(16-20-8-4-3-5-9-20)18-22-11-7-13-25(22)17-21-10-6-12-23(14-21)27-2/h6-7,10-14,19-20,26H,3-5,8-9,15-18H2,1-2H3. The van der Waals surface area contributed by atoms with Crippen molar-refractivity contribution in [3.63, 3.8) is 0 Å². The lowest BCUT2D eigenvalue weighted by Gasteiger charge is -2.30. The molecule has 0 saturated heterocycles. The molecule has 1 N–H and O–H groups in total. The van der Waals surface area contributed by atoms with Crippen molar-refractivity contribution >= 4 is 0 Å². The molecule has 148 valence electrons. The van der Waals surface area contributed by atoms with E-state index in [4.69, 9.17) is 4.74 Å². The average Bonchev–Trinajstić information content (AvgIpc) is 3.09. The van der Waals surface area contributed by atoms with Crippen LogP contribution in [0.5, 0.6) is 5.75 Å². The lowest BCUT2D eigenvalue weighted by atomic mass is 9.89. The number of rotatable bonds is 9. The van der Waals surface area contributed by atoms with Gasteiger partial charge in [0.05, 0.1) is 13.2 Å². The Morgan fingerprint density at radius 3 is 2.74 bits per heavy atom. The van der Waals surface area contributed by atoms with Gasteiger partial charge in [-0.25, -0.2) is 0 Å². The van der Waals surface area contributed by atoms with Crippen molar-refractivity contribution in [3.8, 4) is 5.75 Å². The average molecular weight is 371 g/mol. The lowest BCUT2D eigenvalue weighted by molar-refractivity contribution is 0.103. The van der Waals surface area contributed by atoms with Crippen molar-refractivity contribution in [1.29, 1.82) is 0 Å². The molecule has 4 heteroatoms. The molecule has 1 saturated carbocycles. The van der Waals surface area contributed by atoms with Gasteiger partial charge in [0.1, 0.15) is 5.75 Å². The number of hydrogen-bond acceptors (Lipinski definition) is 3. The molecule has 0 bridgehead atoms. The number of aromatic nitrogens is 1. The van der Waals surface area contributed by atoms with E-state index >= 15 is 0 Å². The van der Waals surface area contributed by atoms with Crippen molar-refractivity contribution in [1.82, 2.24) is 9.47 Å². The van der Waals surface area contributed by atoms with Gasteiger partial charge in [-0.2, -0.15) is 0 Å². The van der Waals surface area contributed by atoms with Crippen LogP contribution in [-0.4, -0.2) is 40.9 Å². The molecule has 0 spiro atoms. The minimum Gasteiger partial charge on any atom is -0.497 e. The molecule has 1 aromatic heterocycles. The first kappa shape index (κ1) is 20.0. The SMILES string of the molecule is COc1cccc(Cn2cccc2CN(CC(C)O)CC2CCCCC2)c1. The van der Waals surface area contributed by atoms with Crippen molar-refractivity contribution in [3.05, 3.63) is 53.9 Å². The smallest absolute Gasteiger partial charge is 0.119 e. The zero-order valence-corrected chi connectivity index (χ0v) is 16.8. The van der Waals surface area contributed by atoms with Gasteiger partial charge in [0.25, 0.3) is 0 Å². The summed E-state index contributed by atoms with van der Waals surface area (Å²) in [6.45, 7) is 5.45. The van der Waals surface area contributed by atoms with Gasteiger partial charge in [0.15, 0.2) is 0 Å². The Balaban J connectivity index is 1.67. The van der Waals surface area contributed by atoms with Crippen molar-refractivity contribution in [2.75, 3.05) is 20.2 Å². The normalized spacial score (nSPS) is 16.6. The molecule has 2 aromatic rings. The highest BCUT2D eigenvalue weighted by molar-refractivity contribution is 5.29. The molecule has 4 nitrogen and oxygen atoms in total. The highest BCUT2D eigenvalue weighted by Gasteiger charge is 2.19. The number of benzene rings is 1. The minimum absolute atomic E-state index is 0.296. The van der Waals surface area contributed by atoms with Crippen LogP contribution in [0.25, 0.3) is 0 Å². The van der Waals surface area contributed by atoms with E-state index in [2.05, 4.69) is 39.9 Å². The third-order valence-electron chi connectivity index (χ3n) is 5.56. The van der Waals surface area contributed by atoms with Gasteiger partial charge in [-0.05, 0) is 55.5 Å². The fourth-order valence-electron chi connectivity index (χ4n) is 4.26. The topological polar surface area (TPSA) is 37.6 Å². The summed E-state index contributed by atoms with van der Waals surface area (Å²) in [6, 6.07) is 12.6. The Hall–Kier alpha value is -1.78. The molecule has 0 radical (unpaired) electrons. The highest BCUT2D eigenvalue weighted by atomic mass is 16.5. The second-order valence-corrected chi connectivity index (χ2v) is 8.03. The van der Waals surface area contributed by atoms with Gasteiger partial charge < -0.3 is 14.4 Å². The summed E-state index contributed by atoms with van der Waals surface area (Å²) in [4.78, 5) is 2.44. The van der Waals surface area contributed by atoms with E-state index in [0.717, 1.165) is 37.8 Å². The molecule has 1 atom stereocenters. The van der Waals surface area contributed by atoms with Gasteiger partial charge in [-0.15, -0.1) is 0 Å². The monoisotopic (exact) mass is 370 g/mol. The summed E-state index contributed by atoms with van der Waals surface area (Å²) >= 11 is 0. The van der Waals surface area contributed by atoms with Crippen molar-refractivity contribution in [2.24, 2.45) is 5.92 Å². The van der Waals surface area contributed by atoms with Crippen LogP contribution in [0.3, 0.4) is 0 Å². The van der Waals surface area contributed by atoms with E-state index in [1.807, 2.05) is 19.1 Å². The number of methoxy groups -OCH3 is 1. The number of ether oxygens (including phenoxy) is 1. The molecule has 1 unspecified atom stereocenters. The highest BCUT2D eigenvalue weighted by Crippen LogP contribution is 2.25. The molecule has 1 fully saturated rings. The summed E-state index contributed by atoms with van der Waals surface area (Å²) < 4.78 is 7.66. The summed E-state index contributed by atoms with van der Waals surface area (Å²) in [6.07, 6.45) is 8.63. The summed E-state index contributed by atoms with van der Waals surface area (Å²) in [5.74, 6) is 1.67. The molecular formula is C23H34N2O2. The minimum atomic E-state index is -0.296. The number of aliphatic hydroxyl groups is 1. The zero-order chi connectivity index (χ0) is 19.1. The van der Waals surface area contributed by atoms with Crippen LogP contribution in [0.4, 0.5) is 0 Å². The molecule has 0 aliphatic heterocycles. The van der Waals surface area contributed by atoms with Crippen molar-refractivity contribution in [2.45, 2.75) is 58.2 Å². The summed E-state index contributed by atoms with van der Waals surface area (Å²) in [5.41, 5.74) is 2.54. The quantitative estimate of drug-likeness (QED) is 0.715. The number of aliphatic hydroxyl groups excluding tert-OH is 1. The Morgan fingerprint density at radius 2 is 2.00 bits per heavy atom. The van der Waals surface area contributed by atoms with Gasteiger partial charge in [0, 0.05) is 38.1 Å². The molecule has 1 aromatic carbocycles. The van der Waals surface area contributed by atoms with Crippen LogP contribution >= 0.6 is 0 Å². The fourth-order valence-corrected chi connectivity index (χ4v) is 4.26. The molecule has 3 rings (SSSR count). The maximum atomic E-state index is 9.98. The van der Waals surface area contributed by atoms with Crippen molar-refractivity contribution < 1.29 is 9.84 Å². The van der Waals surface area contributed by atoms with Gasteiger partial charge in [-0.1, -0.05) is 31.4 Å². The third-order valence-corrected chi connectivity index (χ3v) is 5.56. The van der Waals surface area contributed by atoms with Crippen LogP contribution in [0.2, 0.25) is 0 Å². The first-order valence-corrected chi connectivity index (χ1v) is 10.3. The van der Waals surface area contributed by atoms with E-state index in [1.165, 1.54) is 43.4 Å². The van der Waals surface area contributed by atoms with Gasteiger partial charge in [-0.3, -0.25) is 4.90 Å². The molecule has 0 amide bonds. The first-order valence-electron chi connectivity index (χ1n) is 10.3. The summed E-state index contributed by atoms with van der Waals surface area (Å²) in [5, 5.41) is 9.98. The molecule has 1 heterocycles. The van der Waals surface area contributed by atoms with Gasteiger partial charge >= 0.3 is 0 Å². The zero-order valence-electron chi connectivity index (χ0n) is 16.8. The molecule has 1 aliphatic carbocycles. The maximum Gasteiger partial charge on any atom is 0.119 e. The fraction of sp³-hybridized carbons (Fsp3) is 0.565. The molecule has 1 aliphatic rings. The lowest BCUT2D eigenvalue weighted by Crippen LogP contribution is -2.36. The molecular weight excluding hydrogens is 336 g/mol. The Labute approximate surface area is 163 Å². The van der Waals surface area contributed by atoms with E-state index in [9.17, 15) is 5.11 Å².